The molecule has 0 saturated carbocycles. The Morgan fingerprint density at radius 2 is 2.19 bits per heavy atom. The van der Waals surface area contributed by atoms with E-state index in [0.29, 0.717) is 6.54 Å². The summed E-state index contributed by atoms with van der Waals surface area (Å²) in [7, 11) is 0. The third kappa shape index (κ3) is 4.64. The van der Waals surface area contributed by atoms with Gasteiger partial charge in [-0.1, -0.05) is 6.92 Å². The number of carbonyl (C=O) groups excluding carboxylic acids is 1. The summed E-state index contributed by atoms with van der Waals surface area (Å²) in [5.74, 6) is -1.18. The molecule has 1 unspecified atom stereocenters. The lowest BCUT2D eigenvalue weighted by molar-refractivity contribution is -0.132. The first-order valence-electron chi connectivity index (χ1n) is 7.06. The van der Waals surface area contributed by atoms with Crippen LogP contribution >= 0.6 is 12.4 Å². The van der Waals surface area contributed by atoms with Crippen molar-refractivity contribution in [3.05, 3.63) is 35.4 Å². The summed E-state index contributed by atoms with van der Waals surface area (Å²) in [5, 5.41) is 3.22. The Morgan fingerprint density at radius 1 is 1.43 bits per heavy atom. The molecule has 1 amide bonds. The molecule has 1 aliphatic rings. The van der Waals surface area contributed by atoms with Crippen LogP contribution in [0.25, 0.3) is 0 Å². The third-order valence-corrected chi connectivity index (χ3v) is 3.61. The van der Waals surface area contributed by atoms with E-state index in [0.717, 1.165) is 44.1 Å². The van der Waals surface area contributed by atoms with E-state index in [9.17, 15) is 13.6 Å². The number of benzene rings is 1. The van der Waals surface area contributed by atoms with Crippen LogP contribution in [0.15, 0.2) is 18.2 Å². The zero-order valence-corrected chi connectivity index (χ0v) is 12.9. The number of amides is 1. The largest absolute Gasteiger partial charge is 0.338 e. The minimum absolute atomic E-state index is 0. The molecule has 0 spiro atoms. The maximum Gasteiger partial charge on any atom is 0.227 e. The Labute approximate surface area is 130 Å². The van der Waals surface area contributed by atoms with Crippen molar-refractivity contribution in [3.8, 4) is 0 Å². The van der Waals surface area contributed by atoms with Crippen LogP contribution in [0.2, 0.25) is 0 Å². The Hall–Kier alpha value is -1.20. The first-order chi connectivity index (χ1) is 9.61. The van der Waals surface area contributed by atoms with Crippen molar-refractivity contribution in [2.75, 3.05) is 19.6 Å². The molecule has 1 fully saturated rings. The lowest BCUT2D eigenvalue weighted by Crippen LogP contribution is -2.43. The van der Waals surface area contributed by atoms with Crippen LogP contribution in [-0.2, 0) is 11.2 Å². The summed E-state index contributed by atoms with van der Waals surface area (Å²) in [6.45, 7) is 4.33. The van der Waals surface area contributed by atoms with Gasteiger partial charge in [0.2, 0.25) is 5.91 Å². The van der Waals surface area contributed by atoms with E-state index in [2.05, 4.69) is 5.32 Å². The Bertz CT molecular complexity index is 479. The van der Waals surface area contributed by atoms with Gasteiger partial charge in [-0.2, -0.15) is 0 Å². The highest BCUT2D eigenvalue weighted by Gasteiger charge is 2.26. The molecule has 0 aromatic heterocycles. The fraction of sp³-hybridized carbons (Fsp3) is 0.533. The topological polar surface area (TPSA) is 32.3 Å². The van der Waals surface area contributed by atoms with Gasteiger partial charge < -0.3 is 10.2 Å². The van der Waals surface area contributed by atoms with Gasteiger partial charge in [-0.3, -0.25) is 4.79 Å². The molecule has 1 aliphatic heterocycles. The summed E-state index contributed by atoms with van der Waals surface area (Å²) in [6.07, 6.45) is 1.69. The van der Waals surface area contributed by atoms with Crippen LogP contribution in [0, 0.1) is 11.6 Å². The maximum absolute atomic E-state index is 13.6. The molecular weight excluding hydrogens is 298 g/mol. The van der Waals surface area contributed by atoms with Gasteiger partial charge in [-0.25, -0.2) is 8.78 Å². The smallest absolute Gasteiger partial charge is 0.227 e. The quantitative estimate of drug-likeness (QED) is 0.905. The Morgan fingerprint density at radius 3 is 2.81 bits per heavy atom. The molecule has 1 N–H and O–H groups in total. The molecule has 21 heavy (non-hydrogen) atoms. The molecule has 3 nitrogen and oxygen atoms in total. The Balaban J connectivity index is 0.00000220. The number of hydrogen-bond donors (Lipinski definition) is 1. The summed E-state index contributed by atoms with van der Waals surface area (Å²) in [5.41, 5.74) is 0.127. The SMILES string of the molecule is CCCN(C(=O)Cc1cc(F)ccc1F)C1CCNC1.Cl. The predicted octanol–water partition coefficient (Wildman–Crippen LogP) is 2.53. The predicted molar refractivity (Wildman–Crippen MR) is 80.6 cm³/mol. The van der Waals surface area contributed by atoms with E-state index in [4.69, 9.17) is 0 Å². The molecule has 2 rings (SSSR count). The number of hydrogen-bond acceptors (Lipinski definition) is 2. The van der Waals surface area contributed by atoms with Gasteiger partial charge in [0.25, 0.3) is 0 Å². The average Bonchev–Trinajstić information content (AvgIpc) is 2.93. The minimum Gasteiger partial charge on any atom is -0.338 e. The molecule has 1 aromatic rings. The molecule has 1 heterocycles. The number of carbonyl (C=O) groups is 1. The van der Waals surface area contributed by atoms with Gasteiger partial charge in [0.15, 0.2) is 0 Å². The van der Waals surface area contributed by atoms with Gasteiger partial charge in [0, 0.05) is 24.7 Å². The molecule has 1 atom stereocenters. The van der Waals surface area contributed by atoms with Crippen LogP contribution in [0.4, 0.5) is 8.78 Å². The Kier molecular flexibility index (Phi) is 7.05. The highest BCUT2D eigenvalue weighted by atomic mass is 35.5. The highest BCUT2D eigenvalue weighted by Crippen LogP contribution is 2.15. The standard InChI is InChI=1S/C15H20F2N2O.ClH/c1-2-7-19(13-5-6-18-10-13)15(20)9-11-8-12(16)3-4-14(11)17;/h3-4,8,13,18H,2,5-7,9-10H2,1H3;1H. The van der Waals surface area contributed by atoms with Crippen LogP contribution < -0.4 is 5.32 Å². The second-order valence-corrected chi connectivity index (χ2v) is 5.15. The second-order valence-electron chi connectivity index (χ2n) is 5.15. The van der Waals surface area contributed by atoms with Crippen molar-refractivity contribution in [3.63, 3.8) is 0 Å². The average molecular weight is 319 g/mol. The fourth-order valence-corrected chi connectivity index (χ4v) is 2.60. The van der Waals surface area contributed by atoms with Crippen molar-refractivity contribution in [2.45, 2.75) is 32.2 Å². The monoisotopic (exact) mass is 318 g/mol. The first-order valence-corrected chi connectivity index (χ1v) is 7.06. The molecule has 1 saturated heterocycles. The van der Waals surface area contributed by atoms with Crippen molar-refractivity contribution >= 4 is 18.3 Å². The van der Waals surface area contributed by atoms with E-state index in [1.54, 1.807) is 4.90 Å². The summed E-state index contributed by atoms with van der Waals surface area (Å²) < 4.78 is 26.8. The second kappa shape index (κ2) is 8.29. The lowest BCUT2D eigenvalue weighted by Gasteiger charge is -2.28. The molecule has 6 heteroatoms. The lowest BCUT2D eigenvalue weighted by atomic mass is 10.1. The van der Waals surface area contributed by atoms with Gasteiger partial charge in [0.1, 0.15) is 11.6 Å². The maximum atomic E-state index is 13.6. The van der Waals surface area contributed by atoms with Gasteiger partial charge in [-0.05, 0) is 37.6 Å². The number of halogens is 3. The van der Waals surface area contributed by atoms with Gasteiger partial charge in [0.05, 0.1) is 6.42 Å². The normalized spacial score (nSPS) is 17.4. The fourth-order valence-electron chi connectivity index (χ4n) is 2.60. The van der Waals surface area contributed by atoms with Crippen molar-refractivity contribution < 1.29 is 13.6 Å². The number of nitrogens with zero attached hydrogens (tertiary/aromatic N) is 1. The molecular formula is C15H21ClF2N2O. The van der Waals surface area contributed by atoms with Crippen molar-refractivity contribution in [2.24, 2.45) is 0 Å². The van der Waals surface area contributed by atoms with Crippen LogP contribution in [0.3, 0.4) is 0 Å². The van der Waals surface area contributed by atoms with Crippen LogP contribution in [0.1, 0.15) is 25.3 Å². The van der Waals surface area contributed by atoms with Gasteiger partial charge in [-0.15, -0.1) is 12.4 Å². The summed E-state index contributed by atoms with van der Waals surface area (Å²) in [4.78, 5) is 14.2. The summed E-state index contributed by atoms with van der Waals surface area (Å²) in [6, 6.07) is 3.40. The summed E-state index contributed by atoms with van der Waals surface area (Å²) >= 11 is 0. The van der Waals surface area contributed by atoms with Crippen LogP contribution in [0.5, 0.6) is 0 Å². The van der Waals surface area contributed by atoms with E-state index < -0.39 is 11.6 Å². The van der Waals surface area contributed by atoms with E-state index >= 15 is 0 Å². The third-order valence-electron chi connectivity index (χ3n) is 3.61. The van der Waals surface area contributed by atoms with Gasteiger partial charge >= 0.3 is 0 Å². The number of nitrogens with one attached hydrogen (secondary N) is 1. The molecule has 1 aromatic carbocycles. The molecule has 118 valence electrons. The highest BCUT2D eigenvalue weighted by molar-refractivity contribution is 5.85. The van der Waals surface area contributed by atoms with Crippen molar-refractivity contribution in [1.82, 2.24) is 10.2 Å². The zero-order chi connectivity index (χ0) is 14.5. The zero-order valence-electron chi connectivity index (χ0n) is 12.1. The molecule has 0 radical (unpaired) electrons. The first kappa shape index (κ1) is 17.9. The molecule has 0 aliphatic carbocycles. The van der Waals surface area contributed by atoms with Crippen molar-refractivity contribution in [1.29, 1.82) is 0 Å². The van der Waals surface area contributed by atoms with E-state index in [-0.39, 0.29) is 36.3 Å². The van der Waals surface area contributed by atoms with E-state index in [1.807, 2.05) is 6.92 Å². The van der Waals surface area contributed by atoms with E-state index in [1.165, 1.54) is 0 Å². The minimum atomic E-state index is -0.527. The molecule has 0 bridgehead atoms. The number of rotatable bonds is 5. The van der Waals surface area contributed by atoms with Crippen LogP contribution in [-0.4, -0.2) is 36.5 Å².